The van der Waals surface area contributed by atoms with Crippen LogP contribution in [0.2, 0.25) is 6.04 Å². The van der Waals surface area contributed by atoms with Gasteiger partial charge in [0.15, 0.2) is 0 Å². The van der Waals surface area contributed by atoms with Crippen molar-refractivity contribution in [2.45, 2.75) is 43.4 Å². The molecule has 1 fully saturated rings. The van der Waals surface area contributed by atoms with Crippen molar-refractivity contribution in [2.24, 2.45) is 0 Å². The zero-order valence-electron chi connectivity index (χ0n) is 13.5. The molecule has 0 saturated carbocycles. The fraction of sp³-hybridized carbons (Fsp3) is 1.00. The van der Waals surface area contributed by atoms with Gasteiger partial charge >= 0.3 is 8.56 Å². The minimum absolute atomic E-state index is 0.209. The van der Waals surface area contributed by atoms with Crippen molar-refractivity contribution in [1.82, 2.24) is 4.90 Å². The van der Waals surface area contributed by atoms with E-state index in [0.29, 0.717) is 0 Å². The van der Waals surface area contributed by atoms with E-state index >= 15 is 0 Å². The lowest BCUT2D eigenvalue weighted by atomic mass is 10.1. The first-order valence-electron chi connectivity index (χ1n) is 7.54. The number of hydrogen-bond acceptors (Lipinski definition) is 5. The monoisotopic (exact) mass is 305 g/mol. The molecule has 1 unspecified atom stereocenters. The van der Waals surface area contributed by atoms with Crippen molar-refractivity contribution in [1.29, 1.82) is 0 Å². The van der Waals surface area contributed by atoms with Gasteiger partial charge in [0.2, 0.25) is 0 Å². The summed E-state index contributed by atoms with van der Waals surface area (Å²) in [5.41, 5.74) is 0. The van der Waals surface area contributed by atoms with Crippen LogP contribution < -0.4 is 0 Å². The summed E-state index contributed by atoms with van der Waals surface area (Å²) in [6.45, 7) is 1.89. The Hall–Kier alpha value is 0.0169. The molecule has 1 N–H and O–H groups in total. The van der Waals surface area contributed by atoms with Crippen LogP contribution in [-0.2, 0) is 13.6 Å². The van der Waals surface area contributed by atoms with Crippen LogP contribution in [0.15, 0.2) is 0 Å². The van der Waals surface area contributed by atoms with Gasteiger partial charge in [0.1, 0.15) is 5.22 Å². The van der Waals surface area contributed by atoms with Gasteiger partial charge in [-0.3, -0.25) is 0 Å². The first-order chi connectivity index (χ1) is 9.59. The van der Waals surface area contributed by atoms with E-state index in [1.165, 1.54) is 12.8 Å². The van der Waals surface area contributed by atoms with Gasteiger partial charge in [-0.1, -0.05) is 12.8 Å². The lowest BCUT2D eigenvalue weighted by Crippen LogP contribution is -2.64. The van der Waals surface area contributed by atoms with Crippen molar-refractivity contribution in [3.8, 4) is 0 Å². The van der Waals surface area contributed by atoms with Gasteiger partial charge in [0.05, 0.1) is 6.61 Å². The molecule has 1 heterocycles. The summed E-state index contributed by atoms with van der Waals surface area (Å²) < 4.78 is 17.7. The van der Waals surface area contributed by atoms with E-state index in [9.17, 15) is 0 Å². The molecular weight excluding hydrogens is 274 g/mol. The van der Waals surface area contributed by atoms with Crippen LogP contribution in [0.5, 0.6) is 0 Å². The maximum atomic E-state index is 8.94. The lowest BCUT2D eigenvalue weighted by molar-refractivity contribution is -0.0169. The van der Waals surface area contributed by atoms with Crippen LogP contribution in [0.1, 0.15) is 32.1 Å². The number of nitrogens with zero attached hydrogens (tertiary/aromatic N) is 1. The number of ether oxygens (including phenoxy) is 1. The average Bonchev–Trinajstić information content (AvgIpc) is 2.48. The zero-order chi connectivity index (χ0) is 15.1. The SMILES string of the molecule is COC1(CCCN(C)CCO)CCCC[Si]1(OC)OC. The summed E-state index contributed by atoms with van der Waals surface area (Å²) in [4.78, 5) is 2.15. The molecule has 1 aliphatic heterocycles. The molecule has 0 spiro atoms. The Kier molecular flexibility index (Phi) is 7.64. The summed E-state index contributed by atoms with van der Waals surface area (Å²) >= 11 is 0. The quantitative estimate of drug-likeness (QED) is 0.655. The number of methoxy groups -OCH3 is 1. The maximum absolute atomic E-state index is 8.94. The zero-order valence-corrected chi connectivity index (χ0v) is 14.5. The summed E-state index contributed by atoms with van der Waals surface area (Å²) in [7, 11) is 5.08. The number of aliphatic hydroxyl groups is 1. The molecule has 0 amide bonds. The molecule has 6 heteroatoms. The third-order valence-electron chi connectivity index (χ3n) is 4.68. The predicted octanol–water partition coefficient (Wildman–Crippen LogP) is 1.53. The van der Waals surface area contributed by atoms with Crippen molar-refractivity contribution >= 4 is 8.56 Å². The second kappa shape index (κ2) is 8.46. The standard InChI is InChI=1S/C14H31NO4Si/c1-15(11-12-16)10-7-9-14(17-2)8-5-6-13-20(14,18-3)19-4/h16H,5-13H2,1-4H3. The third-order valence-corrected chi connectivity index (χ3v) is 9.11. The highest BCUT2D eigenvalue weighted by atomic mass is 28.4. The molecule has 1 saturated heterocycles. The van der Waals surface area contributed by atoms with Gasteiger partial charge in [-0.25, -0.2) is 0 Å². The Morgan fingerprint density at radius 3 is 2.40 bits per heavy atom. The molecule has 0 aromatic rings. The molecule has 120 valence electrons. The first-order valence-corrected chi connectivity index (χ1v) is 9.57. The molecule has 0 bridgehead atoms. The number of hydrogen-bond donors (Lipinski definition) is 1. The highest BCUT2D eigenvalue weighted by molar-refractivity contribution is 6.70. The van der Waals surface area contributed by atoms with Crippen molar-refractivity contribution in [3.63, 3.8) is 0 Å². The molecule has 1 rings (SSSR count). The van der Waals surface area contributed by atoms with E-state index in [1.54, 1.807) is 21.3 Å². The smallest absolute Gasteiger partial charge is 0.370 e. The molecule has 1 atom stereocenters. The van der Waals surface area contributed by atoms with Gasteiger partial charge in [-0.2, -0.15) is 0 Å². The van der Waals surface area contributed by atoms with Crippen molar-refractivity contribution in [2.75, 3.05) is 48.1 Å². The van der Waals surface area contributed by atoms with E-state index in [1.807, 2.05) is 7.05 Å². The summed E-state index contributed by atoms with van der Waals surface area (Å²) in [6.07, 6.45) is 5.38. The Balaban J connectivity index is 2.67. The molecule has 5 nitrogen and oxygen atoms in total. The highest BCUT2D eigenvalue weighted by Crippen LogP contribution is 2.42. The van der Waals surface area contributed by atoms with Gasteiger partial charge in [-0.05, 0) is 38.9 Å². The van der Waals surface area contributed by atoms with E-state index in [0.717, 1.165) is 38.4 Å². The first kappa shape index (κ1) is 18.1. The topological polar surface area (TPSA) is 51.2 Å². The van der Waals surface area contributed by atoms with Gasteiger partial charge in [-0.15, -0.1) is 0 Å². The predicted molar refractivity (Wildman–Crippen MR) is 82.0 cm³/mol. The number of rotatable bonds is 9. The molecule has 20 heavy (non-hydrogen) atoms. The highest BCUT2D eigenvalue weighted by Gasteiger charge is 2.58. The van der Waals surface area contributed by atoms with Crippen LogP contribution in [0.25, 0.3) is 0 Å². The fourth-order valence-electron chi connectivity index (χ4n) is 3.44. The van der Waals surface area contributed by atoms with Crippen LogP contribution in [0.3, 0.4) is 0 Å². The summed E-state index contributed by atoms with van der Waals surface area (Å²) in [6, 6.07) is 1.01. The van der Waals surface area contributed by atoms with Gasteiger partial charge in [0.25, 0.3) is 0 Å². The maximum Gasteiger partial charge on any atom is 0.370 e. The largest absolute Gasteiger partial charge is 0.396 e. The summed E-state index contributed by atoms with van der Waals surface area (Å²) in [5, 5.41) is 8.71. The van der Waals surface area contributed by atoms with Crippen molar-refractivity contribution in [3.05, 3.63) is 0 Å². The second-order valence-corrected chi connectivity index (χ2v) is 9.43. The van der Waals surface area contributed by atoms with E-state index in [4.69, 9.17) is 18.7 Å². The third kappa shape index (κ3) is 3.81. The van der Waals surface area contributed by atoms with E-state index in [-0.39, 0.29) is 11.8 Å². The normalized spacial score (nSPS) is 26.1. The number of likely N-dealkylation sites (N-methyl/N-ethyl adjacent to an activating group) is 1. The summed E-state index contributed by atoms with van der Waals surface area (Å²) in [5.74, 6) is 0. The molecule has 1 aliphatic rings. The molecule has 0 aromatic carbocycles. The van der Waals surface area contributed by atoms with Crippen LogP contribution in [0.4, 0.5) is 0 Å². The molecule has 0 aromatic heterocycles. The Morgan fingerprint density at radius 1 is 1.15 bits per heavy atom. The van der Waals surface area contributed by atoms with Crippen LogP contribution >= 0.6 is 0 Å². The average molecular weight is 305 g/mol. The van der Waals surface area contributed by atoms with Crippen molar-refractivity contribution < 1.29 is 18.7 Å². The Labute approximate surface area is 124 Å². The molecule has 0 radical (unpaired) electrons. The molecule has 0 aliphatic carbocycles. The van der Waals surface area contributed by atoms with E-state index < -0.39 is 8.56 Å². The Morgan fingerprint density at radius 2 is 1.85 bits per heavy atom. The van der Waals surface area contributed by atoms with E-state index in [2.05, 4.69) is 4.90 Å². The van der Waals surface area contributed by atoms with Crippen LogP contribution in [-0.4, -0.2) is 71.9 Å². The number of aliphatic hydroxyl groups excluding tert-OH is 1. The minimum atomic E-state index is -2.29. The fourth-order valence-corrected chi connectivity index (χ4v) is 7.35. The van der Waals surface area contributed by atoms with Crippen LogP contribution in [0, 0.1) is 0 Å². The lowest BCUT2D eigenvalue weighted by Gasteiger charge is -2.48. The Bertz CT molecular complexity index is 276. The second-order valence-electron chi connectivity index (χ2n) is 5.70. The minimum Gasteiger partial charge on any atom is -0.396 e. The van der Waals surface area contributed by atoms with Gasteiger partial charge < -0.3 is 23.6 Å². The molecular formula is C14H31NO4Si. The van der Waals surface area contributed by atoms with Gasteiger partial charge in [0, 0.05) is 27.9 Å².